The summed E-state index contributed by atoms with van der Waals surface area (Å²) in [5.74, 6) is 1.49. The van der Waals surface area contributed by atoms with Gasteiger partial charge >= 0.3 is 0 Å². The zero-order valence-corrected chi connectivity index (χ0v) is 13.3. The Morgan fingerprint density at radius 1 is 1.27 bits per heavy atom. The highest BCUT2D eigenvalue weighted by molar-refractivity contribution is 5.56. The van der Waals surface area contributed by atoms with E-state index in [1.165, 1.54) is 19.2 Å². The predicted molar refractivity (Wildman–Crippen MR) is 80.4 cm³/mol. The van der Waals surface area contributed by atoms with Gasteiger partial charge in [0, 0.05) is 5.92 Å². The zero-order valence-electron chi connectivity index (χ0n) is 13.3. The van der Waals surface area contributed by atoms with Gasteiger partial charge in [-0.05, 0) is 46.5 Å². The largest absolute Gasteiger partial charge is 0.447 e. The standard InChI is InChI=1S/C16H22N4O2/c1-16(2,3)22-12-6-11(7-12)20-8-13(18-19-20)14-15(10-4-5-10)21-9-17-14/h8-12H,4-7H2,1-3H3. The molecular weight excluding hydrogens is 280 g/mol. The first kappa shape index (κ1) is 13.9. The molecule has 0 radical (unpaired) electrons. The summed E-state index contributed by atoms with van der Waals surface area (Å²) in [4.78, 5) is 4.32. The van der Waals surface area contributed by atoms with Gasteiger partial charge in [-0.15, -0.1) is 5.10 Å². The molecule has 2 saturated carbocycles. The monoisotopic (exact) mass is 302 g/mol. The quantitative estimate of drug-likeness (QED) is 0.866. The maximum atomic E-state index is 5.97. The van der Waals surface area contributed by atoms with Gasteiger partial charge in [-0.25, -0.2) is 9.67 Å². The number of oxazole rings is 1. The minimum absolute atomic E-state index is 0.0803. The van der Waals surface area contributed by atoms with Crippen molar-refractivity contribution < 1.29 is 9.15 Å². The smallest absolute Gasteiger partial charge is 0.181 e. The van der Waals surface area contributed by atoms with E-state index in [0.29, 0.717) is 18.1 Å². The van der Waals surface area contributed by atoms with Crippen LogP contribution in [-0.4, -0.2) is 31.7 Å². The fourth-order valence-corrected chi connectivity index (χ4v) is 3.00. The Labute approximate surface area is 129 Å². The molecule has 6 heteroatoms. The van der Waals surface area contributed by atoms with Crippen molar-refractivity contribution in [2.75, 3.05) is 0 Å². The third-order valence-electron chi connectivity index (χ3n) is 4.26. The van der Waals surface area contributed by atoms with E-state index >= 15 is 0 Å². The third-order valence-corrected chi connectivity index (χ3v) is 4.26. The Hall–Kier alpha value is -1.69. The molecule has 2 aromatic heterocycles. The van der Waals surface area contributed by atoms with Crippen molar-refractivity contribution in [2.24, 2.45) is 0 Å². The van der Waals surface area contributed by atoms with Gasteiger partial charge in [-0.1, -0.05) is 5.21 Å². The predicted octanol–water partition coefficient (Wildman–Crippen LogP) is 3.33. The van der Waals surface area contributed by atoms with Crippen LogP contribution in [0.4, 0.5) is 0 Å². The molecule has 2 aliphatic rings. The van der Waals surface area contributed by atoms with E-state index in [0.717, 1.165) is 30.0 Å². The van der Waals surface area contributed by atoms with E-state index in [-0.39, 0.29) is 5.60 Å². The molecule has 0 spiro atoms. The molecule has 2 fully saturated rings. The summed E-state index contributed by atoms with van der Waals surface area (Å²) in [7, 11) is 0. The van der Waals surface area contributed by atoms with Crippen LogP contribution < -0.4 is 0 Å². The van der Waals surface area contributed by atoms with E-state index in [1.54, 1.807) is 0 Å². The molecule has 22 heavy (non-hydrogen) atoms. The molecule has 0 atom stereocenters. The number of hydrogen-bond acceptors (Lipinski definition) is 5. The second-order valence-electron chi connectivity index (χ2n) is 7.40. The summed E-state index contributed by atoms with van der Waals surface area (Å²) < 4.78 is 13.4. The van der Waals surface area contributed by atoms with Crippen molar-refractivity contribution in [3.8, 4) is 11.4 Å². The molecule has 0 aromatic carbocycles. The van der Waals surface area contributed by atoms with E-state index in [1.807, 2.05) is 10.9 Å². The fraction of sp³-hybridized carbons (Fsp3) is 0.688. The Morgan fingerprint density at radius 2 is 2.05 bits per heavy atom. The highest BCUT2D eigenvalue weighted by Gasteiger charge is 2.36. The normalized spacial score (nSPS) is 25.2. The van der Waals surface area contributed by atoms with Gasteiger partial charge < -0.3 is 9.15 Å². The molecule has 2 aliphatic carbocycles. The second kappa shape index (κ2) is 4.91. The van der Waals surface area contributed by atoms with Gasteiger partial charge in [-0.2, -0.15) is 0 Å². The molecule has 2 heterocycles. The van der Waals surface area contributed by atoms with Crippen molar-refractivity contribution in [2.45, 2.75) is 70.1 Å². The summed E-state index contributed by atoms with van der Waals surface area (Å²) in [5.41, 5.74) is 1.59. The molecule has 0 aliphatic heterocycles. The molecule has 0 N–H and O–H groups in total. The van der Waals surface area contributed by atoms with Crippen molar-refractivity contribution in [3.05, 3.63) is 18.4 Å². The van der Waals surface area contributed by atoms with Gasteiger partial charge in [-0.3, -0.25) is 0 Å². The molecule has 0 bridgehead atoms. The lowest BCUT2D eigenvalue weighted by Crippen LogP contribution is -2.38. The first-order valence-electron chi connectivity index (χ1n) is 8.03. The number of rotatable bonds is 4. The molecule has 118 valence electrons. The van der Waals surface area contributed by atoms with Crippen molar-refractivity contribution in [1.82, 2.24) is 20.0 Å². The van der Waals surface area contributed by atoms with Crippen LogP contribution in [-0.2, 0) is 4.74 Å². The third kappa shape index (κ3) is 2.67. The lowest BCUT2D eigenvalue weighted by molar-refractivity contribution is -0.110. The SMILES string of the molecule is CC(C)(C)OC1CC(n2cc(-c3ncoc3C3CC3)nn2)C1. The Balaban J connectivity index is 1.43. The molecule has 2 aromatic rings. The second-order valence-corrected chi connectivity index (χ2v) is 7.40. The van der Waals surface area contributed by atoms with Crippen LogP contribution in [0.2, 0.25) is 0 Å². The van der Waals surface area contributed by atoms with Gasteiger partial charge in [0.05, 0.1) is 23.9 Å². The first-order chi connectivity index (χ1) is 10.5. The van der Waals surface area contributed by atoms with Crippen LogP contribution >= 0.6 is 0 Å². The lowest BCUT2D eigenvalue weighted by Gasteiger charge is -2.38. The number of aromatic nitrogens is 4. The van der Waals surface area contributed by atoms with Crippen molar-refractivity contribution in [3.63, 3.8) is 0 Å². The minimum Gasteiger partial charge on any atom is -0.447 e. The average Bonchev–Trinajstić information content (AvgIpc) is 2.95. The number of nitrogens with zero attached hydrogens (tertiary/aromatic N) is 4. The first-order valence-corrected chi connectivity index (χ1v) is 8.03. The Morgan fingerprint density at radius 3 is 2.73 bits per heavy atom. The maximum absolute atomic E-state index is 5.97. The fourth-order valence-electron chi connectivity index (χ4n) is 3.00. The van der Waals surface area contributed by atoms with Crippen LogP contribution in [0.5, 0.6) is 0 Å². The minimum atomic E-state index is -0.0803. The zero-order chi connectivity index (χ0) is 15.3. The van der Waals surface area contributed by atoms with Gasteiger partial charge in [0.1, 0.15) is 17.1 Å². The highest BCUT2D eigenvalue weighted by atomic mass is 16.5. The van der Waals surface area contributed by atoms with E-state index in [2.05, 4.69) is 36.1 Å². The molecule has 0 amide bonds. The van der Waals surface area contributed by atoms with Crippen LogP contribution in [0.25, 0.3) is 11.4 Å². The summed E-state index contributed by atoms with van der Waals surface area (Å²) >= 11 is 0. The van der Waals surface area contributed by atoms with Gasteiger partial charge in [0.2, 0.25) is 0 Å². The Kier molecular flexibility index (Phi) is 3.11. The van der Waals surface area contributed by atoms with Crippen molar-refractivity contribution >= 4 is 0 Å². The molecule has 4 rings (SSSR count). The van der Waals surface area contributed by atoms with E-state index in [9.17, 15) is 0 Å². The molecule has 6 nitrogen and oxygen atoms in total. The summed E-state index contributed by atoms with van der Waals surface area (Å²) in [6.07, 6.45) is 8.19. The summed E-state index contributed by atoms with van der Waals surface area (Å²) in [6, 6.07) is 0.380. The van der Waals surface area contributed by atoms with E-state index in [4.69, 9.17) is 9.15 Å². The van der Waals surface area contributed by atoms with Crippen molar-refractivity contribution in [1.29, 1.82) is 0 Å². The summed E-state index contributed by atoms with van der Waals surface area (Å²) in [6.45, 7) is 6.29. The highest BCUT2D eigenvalue weighted by Crippen LogP contribution is 2.44. The molecule has 0 saturated heterocycles. The number of hydrogen-bond donors (Lipinski definition) is 0. The van der Waals surface area contributed by atoms with Gasteiger partial charge in [0.15, 0.2) is 6.39 Å². The molecular formula is C16H22N4O2. The van der Waals surface area contributed by atoms with Crippen LogP contribution in [0.3, 0.4) is 0 Å². The maximum Gasteiger partial charge on any atom is 0.181 e. The summed E-state index contributed by atoms with van der Waals surface area (Å²) in [5, 5.41) is 8.56. The average molecular weight is 302 g/mol. The van der Waals surface area contributed by atoms with Crippen LogP contribution in [0, 0.1) is 0 Å². The van der Waals surface area contributed by atoms with Crippen LogP contribution in [0.15, 0.2) is 17.0 Å². The van der Waals surface area contributed by atoms with Crippen LogP contribution in [0.1, 0.15) is 64.2 Å². The Bertz CT molecular complexity index is 660. The topological polar surface area (TPSA) is 66.0 Å². The van der Waals surface area contributed by atoms with E-state index < -0.39 is 0 Å². The number of ether oxygens (including phenoxy) is 1. The van der Waals surface area contributed by atoms with Gasteiger partial charge in [0.25, 0.3) is 0 Å². The lowest BCUT2D eigenvalue weighted by atomic mass is 9.88. The molecule has 0 unspecified atom stereocenters.